The second-order valence-corrected chi connectivity index (χ2v) is 2.89. The van der Waals surface area contributed by atoms with Crippen LogP contribution >= 0.6 is 0 Å². The second kappa shape index (κ2) is 6.02. The van der Waals surface area contributed by atoms with Gasteiger partial charge in [0.25, 0.3) is 0 Å². The lowest BCUT2D eigenvalue weighted by molar-refractivity contribution is 0.866. The van der Waals surface area contributed by atoms with Crippen molar-refractivity contribution in [3.8, 4) is 6.07 Å². The maximum absolute atomic E-state index is 8.52. The normalized spacial score (nSPS) is 8.46. The number of hydrogen-bond donors (Lipinski definition) is 0. The van der Waals surface area contributed by atoms with E-state index >= 15 is 0 Å². The summed E-state index contributed by atoms with van der Waals surface area (Å²) in [6, 6.07) is 9.81. The van der Waals surface area contributed by atoms with Crippen molar-refractivity contribution in [2.45, 2.75) is 19.8 Å². The van der Waals surface area contributed by atoms with Gasteiger partial charge in [-0.05, 0) is 23.6 Å². The average Bonchev–Trinajstić information content (AvgIpc) is 2.21. The Morgan fingerprint density at radius 1 is 1.15 bits per heavy atom. The largest absolute Gasteiger partial charge is 0.192 e. The van der Waals surface area contributed by atoms with Crippen molar-refractivity contribution in [3.63, 3.8) is 0 Å². The van der Waals surface area contributed by atoms with Gasteiger partial charge in [-0.2, -0.15) is 5.26 Å². The summed E-state index contributed by atoms with van der Waals surface area (Å²) >= 11 is 0. The molecular formula is C12H15N. The molecule has 1 heteroatoms. The third-order valence-corrected chi connectivity index (χ3v) is 1.71. The molecule has 1 aromatic carbocycles. The lowest BCUT2D eigenvalue weighted by Gasteiger charge is -2.02. The molecule has 13 heavy (non-hydrogen) atoms. The highest BCUT2D eigenvalue weighted by Crippen LogP contribution is 2.13. The van der Waals surface area contributed by atoms with Crippen molar-refractivity contribution < 1.29 is 0 Å². The van der Waals surface area contributed by atoms with Gasteiger partial charge >= 0.3 is 0 Å². The molecule has 0 saturated heterocycles. The maximum atomic E-state index is 8.52. The summed E-state index contributed by atoms with van der Waals surface area (Å²) in [5, 5.41) is 8.52. The Kier molecular flexibility index (Phi) is 5.30. The van der Waals surface area contributed by atoms with E-state index in [0.717, 1.165) is 5.56 Å². The summed E-state index contributed by atoms with van der Waals surface area (Å²) in [5.74, 6) is 0.544. The zero-order valence-corrected chi connectivity index (χ0v) is 8.25. The van der Waals surface area contributed by atoms with Crippen molar-refractivity contribution >= 4 is 0 Å². The van der Waals surface area contributed by atoms with E-state index in [9.17, 15) is 0 Å². The van der Waals surface area contributed by atoms with Crippen LogP contribution in [0.3, 0.4) is 0 Å². The molecular weight excluding hydrogens is 158 g/mol. The van der Waals surface area contributed by atoms with Crippen LogP contribution in [0.5, 0.6) is 0 Å². The fourth-order valence-electron chi connectivity index (χ4n) is 0.943. The van der Waals surface area contributed by atoms with Crippen LogP contribution in [0.2, 0.25) is 0 Å². The van der Waals surface area contributed by atoms with Crippen LogP contribution in [0.4, 0.5) is 0 Å². The second-order valence-electron chi connectivity index (χ2n) is 2.89. The van der Waals surface area contributed by atoms with Gasteiger partial charge in [0.15, 0.2) is 0 Å². The van der Waals surface area contributed by atoms with Gasteiger partial charge in [0.2, 0.25) is 0 Å². The summed E-state index contributed by atoms with van der Waals surface area (Å²) in [7, 11) is 0. The summed E-state index contributed by atoms with van der Waals surface area (Å²) in [6.07, 6.45) is 0. The van der Waals surface area contributed by atoms with Crippen LogP contribution < -0.4 is 0 Å². The van der Waals surface area contributed by atoms with Crippen LogP contribution in [-0.4, -0.2) is 0 Å². The SMILES string of the molecule is C=C.CC(C)c1ccc(C#N)cc1. The molecule has 0 aliphatic carbocycles. The van der Waals surface area contributed by atoms with Gasteiger partial charge < -0.3 is 0 Å². The summed E-state index contributed by atoms with van der Waals surface area (Å²) in [4.78, 5) is 0. The van der Waals surface area contributed by atoms with Crippen molar-refractivity contribution in [2.75, 3.05) is 0 Å². The minimum atomic E-state index is 0.544. The lowest BCUT2D eigenvalue weighted by atomic mass is 10.0. The van der Waals surface area contributed by atoms with Gasteiger partial charge in [-0.25, -0.2) is 0 Å². The van der Waals surface area contributed by atoms with Crippen molar-refractivity contribution in [2.24, 2.45) is 0 Å². The molecule has 0 atom stereocenters. The van der Waals surface area contributed by atoms with E-state index in [1.807, 2.05) is 24.3 Å². The molecule has 0 saturated carbocycles. The van der Waals surface area contributed by atoms with Crippen LogP contribution in [0.25, 0.3) is 0 Å². The quantitative estimate of drug-likeness (QED) is 0.596. The highest BCUT2D eigenvalue weighted by molar-refractivity contribution is 5.32. The molecule has 1 aromatic rings. The van der Waals surface area contributed by atoms with E-state index in [1.54, 1.807) is 0 Å². The van der Waals surface area contributed by atoms with E-state index in [2.05, 4.69) is 33.1 Å². The summed E-state index contributed by atoms with van der Waals surface area (Å²) in [5.41, 5.74) is 2.01. The van der Waals surface area contributed by atoms with Crippen molar-refractivity contribution in [1.82, 2.24) is 0 Å². The first-order valence-corrected chi connectivity index (χ1v) is 4.24. The Bertz CT molecular complexity index is 277. The molecule has 0 aromatic heterocycles. The Morgan fingerprint density at radius 2 is 1.62 bits per heavy atom. The Labute approximate surface area is 80.3 Å². The maximum Gasteiger partial charge on any atom is 0.0991 e. The topological polar surface area (TPSA) is 23.8 Å². The number of nitrogens with zero attached hydrogens (tertiary/aromatic N) is 1. The molecule has 0 spiro atoms. The number of benzene rings is 1. The van der Waals surface area contributed by atoms with E-state index in [0.29, 0.717) is 5.92 Å². The Morgan fingerprint density at radius 3 is 1.92 bits per heavy atom. The molecule has 0 aliphatic rings. The predicted molar refractivity (Wildman–Crippen MR) is 56.5 cm³/mol. The van der Waals surface area contributed by atoms with Gasteiger partial charge in [-0.15, -0.1) is 13.2 Å². The Hall–Kier alpha value is -1.55. The lowest BCUT2D eigenvalue weighted by Crippen LogP contribution is -1.85. The first-order valence-electron chi connectivity index (χ1n) is 4.24. The first-order chi connectivity index (χ1) is 6.24. The van der Waals surface area contributed by atoms with E-state index in [4.69, 9.17) is 5.26 Å². The third-order valence-electron chi connectivity index (χ3n) is 1.71. The van der Waals surface area contributed by atoms with Gasteiger partial charge in [0.1, 0.15) is 0 Å². The molecule has 0 radical (unpaired) electrons. The molecule has 1 nitrogen and oxygen atoms in total. The smallest absolute Gasteiger partial charge is 0.0991 e. The number of nitriles is 1. The van der Waals surface area contributed by atoms with Crippen LogP contribution in [0.1, 0.15) is 30.9 Å². The minimum Gasteiger partial charge on any atom is -0.192 e. The van der Waals surface area contributed by atoms with Gasteiger partial charge in [-0.3, -0.25) is 0 Å². The molecule has 68 valence electrons. The van der Waals surface area contributed by atoms with E-state index in [1.165, 1.54) is 5.56 Å². The van der Waals surface area contributed by atoms with E-state index in [-0.39, 0.29) is 0 Å². The zero-order valence-electron chi connectivity index (χ0n) is 8.25. The molecule has 0 bridgehead atoms. The minimum absolute atomic E-state index is 0.544. The fourth-order valence-corrected chi connectivity index (χ4v) is 0.943. The number of rotatable bonds is 1. The highest BCUT2D eigenvalue weighted by Gasteiger charge is 1.96. The summed E-state index contributed by atoms with van der Waals surface area (Å²) < 4.78 is 0. The van der Waals surface area contributed by atoms with E-state index < -0.39 is 0 Å². The monoisotopic (exact) mass is 173 g/mol. The zero-order chi connectivity index (χ0) is 10.3. The first kappa shape index (κ1) is 11.4. The molecule has 0 fully saturated rings. The van der Waals surface area contributed by atoms with Gasteiger partial charge in [-0.1, -0.05) is 26.0 Å². The van der Waals surface area contributed by atoms with Gasteiger partial charge in [0.05, 0.1) is 11.6 Å². The Balaban J connectivity index is 0.000000671. The van der Waals surface area contributed by atoms with Crippen LogP contribution in [0, 0.1) is 11.3 Å². The standard InChI is InChI=1S/C10H11N.C2H4/c1-8(2)10-5-3-9(7-11)4-6-10;1-2/h3-6,8H,1-2H3;1-2H2. The average molecular weight is 173 g/mol. The molecule has 0 amide bonds. The third kappa shape index (κ3) is 3.57. The van der Waals surface area contributed by atoms with Crippen LogP contribution in [-0.2, 0) is 0 Å². The molecule has 0 aliphatic heterocycles. The molecule has 0 unspecified atom stereocenters. The predicted octanol–water partition coefficient (Wildman–Crippen LogP) is 3.48. The fraction of sp³-hybridized carbons (Fsp3) is 0.250. The van der Waals surface area contributed by atoms with Crippen molar-refractivity contribution in [3.05, 3.63) is 48.6 Å². The summed E-state index contributed by atoms with van der Waals surface area (Å²) in [6.45, 7) is 10.3. The van der Waals surface area contributed by atoms with Gasteiger partial charge in [0, 0.05) is 0 Å². The highest BCUT2D eigenvalue weighted by atomic mass is 14.2. The molecule has 0 N–H and O–H groups in total. The molecule has 1 rings (SSSR count). The molecule has 0 heterocycles. The number of hydrogen-bond acceptors (Lipinski definition) is 1. The van der Waals surface area contributed by atoms with Crippen molar-refractivity contribution in [1.29, 1.82) is 5.26 Å². The van der Waals surface area contributed by atoms with Crippen LogP contribution in [0.15, 0.2) is 37.4 Å².